The van der Waals surface area contributed by atoms with Gasteiger partial charge in [0.25, 0.3) is 0 Å². The van der Waals surface area contributed by atoms with Gasteiger partial charge < -0.3 is 5.11 Å². The topological polar surface area (TPSA) is 37.3 Å². The van der Waals surface area contributed by atoms with Crippen LogP contribution in [0.2, 0.25) is 0 Å². The first-order valence-corrected chi connectivity index (χ1v) is 5.17. The molecule has 0 amide bonds. The van der Waals surface area contributed by atoms with E-state index in [0.29, 0.717) is 16.0 Å². The van der Waals surface area contributed by atoms with Crippen molar-refractivity contribution in [2.45, 2.75) is 0 Å². The SMILES string of the molecule is O=Cc1ccc(-c2ccc(F)c(O)c2F)s1. The summed E-state index contributed by atoms with van der Waals surface area (Å²) in [5.74, 6) is -3.02. The number of hydrogen-bond acceptors (Lipinski definition) is 3. The summed E-state index contributed by atoms with van der Waals surface area (Å²) in [6, 6.07) is 5.29. The zero-order valence-electron chi connectivity index (χ0n) is 7.91. The standard InChI is InChI=1S/C11H6F2O2S/c12-8-3-2-7(10(13)11(8)15)9-4-1-6(5-14)16-9/h1-5,15H. The smallest absolute Gasteiger partial charge is 0.188 e. The molecule has 0 aliphatic rings. The molecule has 0 saturated carbocycles. The lowest BCUT2D eigenvalue weighted by atomic mass is 10.1. The van der Waals surface area contributed by atoms with Crippen molar-refractivity contribution >= 4 is 17.6 Å². The number of phenolic OH excluding ortho intramolecular Hbond substituents is 1. The van der Waals surface area contributed by atoms with Gasteiger partial charge in [-0.25, -0.2) is 8.78 Å². The normalized spacial score (nSPS) is 10.4. The Balaban J connectivity index is 2.56. The number of phenols is 1. The van der Waals surface area contributed by atoms with E-state index in [1.54, 1.807) is 6.07 Å². The van der Waals surface area contributed by atoms with Gasteiger partial charge >= 0.3 is 0 Å². The number of aldehydes is 1. The first-order valence-electron chi connectivity index (χ1n) is 4.36. The average Bonchev–Trinajstić information content (AvgIpc) is 2.74. The first-order chi connectivity index (χ1) is 7.63. The van der Waals surface area contributed by atoms with E-state index < -0.39 is 17.4 Å². The van der Waals surface area contributed by atoms with Gasteiger partial charge in [0.05, 0.1) is 4.88 Å². The second-order valence-electron chi connectivity index (χ2n) is 3.08. The van der Waals surface area contributed by atoms with Crippen LogP contribution in [0.3, 0.4) is 0 Å². The number of carbonyl (C=O) groups is 1. The van der Waals surface area contributed by atoms with Gasteiger partial charge in [-0.15, -0.1) is 11.3 Å². The third-order valence-corrected chi connectivity index (χ3v) is 3.12. The van der Waals surface area contributed by atoms with Gasteiger partial charge in [-0.3, -0.25) is 4.79 Å². The van der Waals surface area contributed by atoms with E-state index in [9.17, 15) is 13.6 Å². The van der Waals surface area contributed by atoms with Crippen LogP contribution in [0, 0.1) is 11.6 Å². The van der Waals surface area contributed by atoms with E-state index in [-0.39, 0.29) is 5.56 Å². The molecule has 1 N–H and O–H groups in total. The van der Waals surface area contributed by atoms with E-state index in [2.05, 4.69) is 0 Å². The Labute approximate surface area is 93.8 Å². The van der Waals surface area contributed by atoms with Crippen molar-refractivity contribution in [3.05, 3.63) is 40.8 Å². The maximum absolute atomic E-state index is 13.5. The van der Waals surface area contributed by atoms with Crippen molar-refractivity contribution in [3.63, 3.8) is 0 Å². The average molecular weight is 240 g/mol. The Morgan fingerprint density at radius 2 is 1.94 bits per heavy atom. The van der Waals surface area contributed by atoms with Gasteiger partial charge in [-0.1, -0.05) is 0 Å². The number of halogens is 2. The zero-order chi connectivity index (χ0) is 11.7. The summed E-state index contributed by atoms with van der Waals surface area (Å²) in [5.41, 5.74) is 0.0806. The highest BCUT2D eigenvalue weighted by atomic mass is 32.1. The van der Waals surface area contributed by atoms with Crippen molar-refractivity contribution in [3.8, 4) is 16.2 Å². The van der Waals surface area contributed by atoms with Crippen LogP contribution in [0.1, 0.15) is 9.67 Å². The Morgan fingerprint density at radius 3 is 2.56 bits per heavy atom. The molecule has 16 heavy (non-hydrogen) atoms. The molecule has 1 heterocycles. The lowest BCUT2D eigenvalue weighted by Crippen LogP contribution is -1.86. The maximum atomic E-state index is 13.5. The Kier molecular flexibility index (Phi) is 2.70. The van der Waals surface area contributed by atoms with Crippen LogP contribution in [-0.2, 0) is 0 Å². The van der Waals surface area contributed by atoms with Gasteiger partial charge in [0, 0.05) is 10.4 Å². The van der Waals surface area contributed by atoms with Crippen molar-refractivity contribution in [1.29, 1.82) is 0 Å². The van der Waals surface area contributed by atoms with Gasteiger partial charge in [0.1, 0.15) is 0 Å². The second kappa shape index (κ2) is 4.02. The number of benzene rings is 1. The monoisotopic (exact) mass is 240 g/mol. The van der Waals surface area contributed by atoms with Crippen molar-refractivity contribution in [1.82, 2.24) is 0 Å². The van der Waals surface area contributed by atoms with Crippen LogP contribution in [0.25, 0.3) is 10.4 Å². The molecule has 0 saturated heterocycles. The minimum absolute atomic E-state index is 0.0806. The van der Waals surface area contributed by atoms with Crippen LogP contribution in [-0.4, -0.2) is 11.4 Å². The highest BCUT2D eigenvalue weighted by molar-refractivity contribution is 7.17. The predicted octanol–water partition coefficient (Wildman–Crippen LogP) is 3.21. The Morgan fingerprint density at radius 1 is 1.19 bits per heavy atom. The fraction of sp³-hybridized carbons (Fsp3) is 0. The second-order valence-corrected chi connectivity index (χ2v) is 4.19. The van der Waals surface area contributed by atoms with E-state index in [1.165, 1.54) is 12.1 Å². The highest BCUT2D eigenvalue weighted by Gasteiger charge is 2.15. The summed E-state index contributed by atoms with van der Waals surface area (Å²) >= 11 is 1.07. The largest absolute Gasteiger partial charge is 0.503 e. The van der Waals surface area contributed by atoms with Gasteiger partial charge in [-0.05, 0) is 24.3 Å². The lowest BCUT2D eigenvalue weighted by Gasteiger charge is -2.02. The molecule has 2 nitrogen and oxygen atoms in total. The van der Waals surface area contributed by atoms with Crippen LogP contribution in [0.5, 0.6) is 5.75 Å². The van der Waals surface area contributed by atoms with Crippen LogP contribution >= 0.6 is 11.3 Å². The molecule has 1 aromatic carbocycles. The summed E-state index contributed by atoms with van der Waals surface area (Å²) in [6.45, 7) is 0. The minimum Gasteiger partial charge on any atom is -0.503 e. The summed E-state index contributed by atoms with van der Waals surface area (Å²) in [7, 11) is 0. The van der Waals surface area contributed by atoms with Crippen LogP contribution in [0.4, 0.5) is 8.78 Å². The lowest BCUT2D eigenvalue weighted by molar-refractivity contribution is 0.112. The molecule has 82 valence electrons. The number of hydrogen-bond donors (Lipinski definition) is 1. The van der Waals surface area contributed by atoms with Crippen LogP contribution in [0.15, 0.2) is 24.3 Å². The first kappa shape index (κ1) is 10.8. The fourth-order valence-corrected chi connectivity index (χ4v) is 2.13. The fourth-order valence-electron chi connectivity index (χ4n) is 1.29. The molecule has 1 aromatic heterocycles. The highest BCUT2D eigenvalue weighted by Crippen LogP contribution is 2.34. The molecular weight excluding hydrogens is 234 g/mol. The summed E-state index contributed by atoms with van der Waals surface area (Å²) < 4.78 is 26.3. The zero-order valence-corrected chi connectivity index (χ0v) is 8.72. The predicted molar refractivity (Wildman–Crippen MR) is 56.7 cm³/mol. The molecule has 0 bridgehead atoms. The van der Waals surface area contributed by atoms with E-state index in [0.717, 1.165) is 17.4 Å². The van der Waals surface area contributed by atoms with Crippen molar-refractivity contribution in [2.75, 3.05) is 0 Å². The molecule has 0 radical (unpaired) electrons. The molecule has 0 spiro atoms. The molecule has 0 aliphatic carbocycles. The Hall–Kier alpha value is -1.75. The van der Waals surface area contributed by atoms with Crippen LogP contribution < -0.4 is 0 Å². The third kappa shape index (κ3) is 1.69. The summed E-state index contributed by atoms with van der Waals surface area (Å²) in [4.78, 5) is 11.4. The van der Waals surface area contributed by atoms with Gasteiger partial charge in [-0.2, -0.15) is 0 Å². The summed E-state index contributed by atoms with van der Waals surface area (Å²) in [6.07, 6.45) is 0.648. The van der Waals surface area contributed by atoms with E-state index in [4.69, 9.17) is 5.11 Å². The molecule has 0 aliphatic heterocycles. The Bertz CT molecular complexity index is 549. The number of rotatable bonds is 2. The molecule has 2 rings (SSSR count). The van der Waals surface area contributed by atoms with Gasteiger partial charge in [0.2, 0.25) is 0 Å². The quantitative estimate of drug-likeness (QED) is 0.818. The van der Waals surface area contributed by atoms with Crippen molar-refractivity contribution < 1.29 is 18.7 Å². The number of carbonyl (C=O) groups excluding carboxylic acids is 1. The molecule has 5 heteroatoms. The van der Waals surface area contributed by atoms with Gasteiger partial charge in [0.15, 0.2) is 23.7 Å². The minimum atomic E-state index is -1.01. The molecule has 2 aromatic rings. The third-order valence-electron chi connectivity index (χ3n) is 2.08. The van der Waals surface area contributed by atoms with E-state index >= 15 is 0 Å². The summed E-state index contributed by atoms with van der Waals surface area (Å²) in [5, 5.41) is 9.10. The molecule has 0 unspecified atom stereocenters. The molecular formula is C11H6F2O2S. The number of aromatic hydroxyl groups is 1. The maximum Gasteiger partial charge on any atom is 0.188 e. The van der Waals surface area contributed by atoms with E-state index in [1.807, 2.05) is 0 Å². The number of thiophene rings is 1. The molecule has 0 atom stereocenters. The molecule has 0 fully saturated rings. The van der Waals surface area contributed by atoms with Crippen molar-refractivity contribution in [2.24, 2.45) is 0 Å².